The Hall–Kier alpha value is -1.64. The lowest BCUT2D eigenvalue weighted by Crippen LogP contribution is -2.07. The van der Waals surface area contributed by atoms with E-state index in [1.807, 2.05) is 12.1 Å². The lowest BCUT2D eigenvalue weighted by atomic mass is 10.1. The largest absolute Gasteiger partial charge is 0.496 e. The molecule has 6 nitrogen and oxygen atoms in total. The van der Waals surface area contributed by atoms with Crippen LogP contribution in [0.5, 0.6) is 5.75 Å². The SMILES string of the molecule is CCOC(=O)c1n[nH]nc1-c1c(I)cccc1OC. The normalized spacial score (nSPS) is 10.3. The highest BCUT2D eigenvalue weighted by Gasteiger charge is 2.23. The summed E-state index contributed by atoms with van der Waals surface area (Å²) in [5.41, 5.74) is 1.31. The highest BCUT2D eigenvalue weighted by Crippen LogP contribution is 2.34. The maximum Gasteiger partial charge on any atom is 0.361 e. The molecule has 0 aliphatic rings. The zero-order chi connectivity index (χ0) is 13.8. The van der Waals surface area contributed by atoms with Crippen molar-refractivity contribution < 1.29 is 14.3 Å². The summed E-state index contributed by atoms with van der Waals surface area (Å²) in [6, 6.07) is 5.58. The second kappa shape index (κ2) is 6.00. The topological polar surface area (TPSA) is 77.1 Å². The van der Waals surface area contributed by atoms with Crippen molar-refractivity contribution in [2.75, 3.05) is 13.7 Å². The number of aromatic nitrogens is 3. The number of nitrogens with one attached hydrogen (secondary N) is 1. The molecule has 2 aromatic rings. The van der Waals surface area contributed by atoms with Gasteiger partial charge in [0.25, 0.3) is 0 Å². The van der Waals surface area contributed by atoms with Crippen molar-refractivity contribution in [2.24, 2.45) is 0 Å². The number of carbonyl (C=O) groups is 1. The zero-order valence-electron chi connectivity index (χ0n) is 10.4. The van der Waals surface area contributed by atoms with Crippen molar-refractivity contribution in [2.45, 2.75) is 6.92 Å². The number of hydrogen-bond acceptors (Lipinski definition) is 5. The smallest absolute Gasteiger partial charge is 0.361 e. The van der Waals surface area contributed by atoms with Crippen molar-refractivity contribution in [1.29, 1.82) is 0 Å². The van der Waals surface area contributed by atoms with Gasteiger partial charge in [0.2, 0.25) is 0 Å². The summed E-state index contributed by atoms with van der Waals surface area (Å²) in [6.07, 6.45) is 0. The molecular weight excluding hydrogens is 361 g/mol. The number of ether oxygens (including phenoxy) is 2. The molecule has 0 bridgehead atoms. The first-order chi connectivity index (χ1) is 9.19. The number of esters is 1. The third kappa shape index (κ3) is 2.70. The van der Waals surface area contributed by atoms with Gasteiger partial charge in [0.1, 0.15) is 11.4 Å². The molecule has 0 aliphatic heterocycles. The Balaban J connectivity index is 2.54. The number of nitrogens with zero attached hydrogens (tertiary/aromatic N) is 2. The molecule has 0 fully saturated rings. The molecule has 0 saturated carbocycles. The highest BCUT2D eigenvalue weighted by molar-refractivity contribution is 14.1. The van der Waals surface area contributed by atoms with E-state index in [1.54, 1.807) is 20.1 Å². The van der Waals surface area contributed by atoms with E-state index in [0.717, 1.165) is 9.13 Å². The first-order valence-electron chi connectivity index (χ1n) is 5.59. The van der Waals surface area contributed by atoms with Crippen LogP contribution in [0.25, 0.3) is 11.3 Å². The number of halogens is 1. The number of benzene rings is 1. The van der Waals surface area contributed by atoms with E-state index in [-0.39, 0.29) is 12.3 Å². The van der Waals surface area contributed by atoms with E-state index in [0.29, 0.717) is 11.4 Å². The van der Waals surface area contributed by atoms with Gasteiger partial charge >= 0.3 is 5.97 Å². The monoisotopic (exact) mass is 373 g/mol. The van der Waals surface area contributed by atoms with Crippen molar-refractivity contribution in [3.8, 4) is 17.0 Å². The molecule has 2 rings (SSSR count). The van der Waals surface area contributed by atoms with Crippen molar-refractivity contribution >= 4 is 28.6 Å². The van der Waals surface area contributed by atoms with Gasteiger partial charge in [0, 0.05) is 3.57 Å². The van der Waals surface area contributed by atoms with E-state index in [2.05, 4.69) is 38.0 Å². The molecule has 0 spiro atoms. The lowest BCUT2D eigenvalue weighted by Gasteiger charge is -2.09. The Morgan fingerprint density at radius 1 is 1.42 bits per heavy atom. The minimum Gasteiger partial charge on any atom is -0.496 e. The van der Waals surface area contributed by atoms with Gasteiger partial charge in [-0.1, -0.05) is 6.07 Å². The van der Waals surface area contributed by atoms with Crippen molar-refractivity contribution in [1.82, 2.24) is 15.4 Å². The second-order valence-corrected chi connectivity index (χ2v) is 4.72. The van der Waals surface area contributed by atoms with Crippen LogP contribution in [0.3, 0.4) is 0 Å². The van der Waals surface area contributed by atoms with E-state index < -0.39 is 5.97 Å². The summed E-state index contributed by atoms with van der Waals surface area (Å²) in [7, 11) is 1.57. The van der Waals surface area contributed by atoms with Crippen LogP contribution in [-0.2, 0) is 4.74 Å². The Kier molecular flexibility index (Phi) is 4.35. The molecule has 100 valence electrons. The van der Waals surface area contributed by atoms with Crippen LogP contribution in [0.15, 0.2) is 18.2 Å². The first-order valence-corrected chi connectivity index (χ1v) is 6.67. The molecule has 1 aromatic heterocycles. The van der Waals surface area contributed by atoms with Gasteiger partial charge in [0.05, 0.1) is 19.3 Å². The fourth-order valence-corrected chi connectivity index (χ4v) is 2.38. The van der Waals surface area contributed by atoms with Gasteiger partial charge in [-0.2, -0.15) is 10.3 Å². The van der Waals surface area contributed by atoms with Crippen LogP contribution in [0, 0.1) is 3.57 Å². The summed E-state index contributed by atoms with van der Waals surface area (Å²) in [4.78, 5) is 11.8. The number of carbonyl (C=O) groups excluding carboxylic acids is 1. The quantitative estimate of drug-likeness (QED) is 0.657. The number of hydrogen-bond donors (Lipinski definition) is 1. The Morgan fingerprint density at radius 3 is 2.89 bits per heavy atom. The third-order valence-corrected chi connectivity index (χ3v) is 3.35. The van der Waals surface area contributed by atoms with Gasteiger partial charge < -0.3 is 9.47 Å². The molecule has 7 heteroatoms. The summed E-state index contributed by atoms with van der Waals surface area (Å²) in [5, 5.41) is 10.4. The standard InChI is InChI=1S/C12H12IN3O3/c1-3-19-12(17)11-10(14-16-15-11)9-7(13)5-4-6-8(9)18-2/h4-6H,3H2,1-2H3,(H,14,15,16). The molecule has 0 radical (unpaired) electrons. The molecular formula is C12H12IN3O3. The van der Waals surface area contributed by atoms with Crippen LogP contribution in [0.1, 0.15) is 17.4 Å². The minimum atomic E-state index is -0.507. The Labute approximate surface area is 123 Å². The second-order valence-electron chi connectivity index (χ2n) is 3.56. The number of methoxy groups -OCH3 is 1. The molecule has 1 heterocycles. The highest BCUT2D eigenvalue weighted by atomic mass is 127. The van der Waals surface area contributed by atoms with E-state index in [1.165, 1.54) is 0 Å². The van der Waals surface area contributed by atoms with Crippen LogP contribution in [0.4, 0.5) is 0 Å². The van der Waals surface area contributed by atoms with Crippen molar-refractivity contribution in [3.63, 3.8) is 0 Å². The molecule has 1 aromatic carbocycles. The maximum atomic E-state index is 11.8. The molecule has 0 unspecified atom stereocenters. The fraction of sp³-hybridized carbons (Fsp3) is 0.250. The third-order valence-electron chi connectivity index (χ3n) is 2.45. The zero-order valence-corrected chi connectivity index (χ0v) is 12.6. The lowest BCUT2D eigenvalue weighted by molar-refractivity contribution is 0.0520. The maximum absolute atomic E-state index is 11.8. The Bertz CT molecular complexity index is 598. The van der Waals surface area contributed by atoms with Crippen LogP contribution < -0.4 is 4.74 Å². The number of aromatic amines is 1. The average Bonchev–Trinajstić information content (AvgIpc) is 2.87. The molecule has 1 N–H and O–H groups in total. The van der Waals surface area contributed by atoms with Gasteiger partial charge in [0.15, 0.2) is 5.69 Å². The fourth-order valence-electron chi connectivity index (χ4n) is 1.65. The summed E-state index contributed by atoms with van der Waals surface area (Å²) >= 11 is 2.16. The van der Waals surface area contributed by atoms with E-state index in [4.69, 9.17) is 9.47 Å². The van der Waals surface area contributed by atoms with Crippen LogP contribution >= 0.6 is 22.6 Å². The van der Waals surface area contributed by atoms with Crippen LogP contribution in [0.2, 0.25) is 0 Å². The van der Waals surface area contributed by atoms with Crippen LogP contribution in [-0.4, -0.2) is 35.1 Å². The molecule has 19 heavy (non-hydrogen) atoms. The first kappa shape index (κ1) is 13.8. The molecule has 0 saturated heterocycles. The predicted octanol–water partition coefficient (Wildman–Crippen LogP) is 2.26. The molecule has 0 atom stereocenters. The van der Waals surface area contributed by atoms with Gasteiger partial charge in [-0.25, -0.2) is 4.79 Å². The number of H-pyrrole nitrogens is 1. The Morgan fingerprint density at radius 2 is 2.21 bits per heavy atom. The number of rotatable bonds is 4. The summed E-state index contributed by atoms with van der Waals surface area (Å²) in [6.45, 7) is 2.03. The molecule has 0 aliphatic carbocycles. The summed E-state index contributed by atoms with van der Waals surface area (Å²) in [5.74, 6) is 0.124. The predicted molar refractivity (Wildman–Crippen MR) is 77.0 cm³/mol. The van der Waals surface area contributed by atoms with Gasteiger partial charge in [-0.3, -0.25) is 0 Å². The van der Waals surface area contributed by atoms with E-state index in [9.17, 15) is 4.79 Å². The average molecular weight is 373 g/mol. The van der Waals surface area contributed by atoms with Crippen molar-refractivity contribution in [3.05, 3.63) is 27.5 Å². The van der Waals surface area contributed by atoms with Gasteiger partial charge in [-0.05, 0) is 41.6 Å². The minimum absolute atomic E-state index is 0.157. The molecule has 0 amide bonds. The summed E-state index contributed by atoms with van der Waals surface area (Å²) < 4.78 is 11.2. The van der Waals surface area contributed by atoms with Gasteiger partial charge in [-0.15, -0.1) is 5.10 Å². The van der Waals surface area contributed by atoms with E-state index >= 15 is 0 Å².